The number of carbonyl (C=O) groups is 1. The number of thioether (sulfide) groups is 1. The normalized spacial score (nSPS) is 18.7. The maximum Gasteiger partial charge on any atom is 0.217 e. The third kappa shape index (κ3) is 6.75. The van der Waals surface area contributed by atoms with E-state index in [1.54, 1.807) is 23.1 Å². The van der Waals surface area contributed by atoms with Crippen LogP contribution in [0.2, 0.25) is 0 Å². The molecule has 5 aromatic rings. The van der Waals surface area contributed by atoms with Gasteiger partial charge in [-0.1, -0.05) is 96.7 Å². The Morgan fingerprint density at radius 3 is 2.45 bits per heavy atom. The molecule has 3 atom stereocenters. The van der Waals surface area contributed by atoms with Gasteiger partial charge in [0.2, 0.25) is 5.91 Å². The summed E-state index contributed by atoms with van der Waals surface area (Å²) in [4.78, 5) is 16.3. The van der Waals surface area contributed by atoms with Gasteiger partial charge in [-0.05, 0) is 39.9 Å². The topological polar surface area (TPSA) is 80.7 Å². The van der Waals surface area contributed by atoms with Crippen molar-refractivity contribution in [2.45, 2.75) is 49.3 Å². The van der Waals surface area contributed by atoms with Crippen molar-refractivity contribution in [1.29, 1.82) is 0 Å². The number of nitrogens with zero attached hydrogens (tertiary/aromatic N) is 1. The smallest absolute Gasteiger partial charge is 0.217 e. The second-order valence-corrected chi connectivity index (χ2v) is 12.6. The highest BCUT2D eigenvalue weighted by Crippen LogP contribution is 2.40. The number of carbonyl (C=O) groups excluding carboxylic acids is 1. The molecule has 214 valence electrons. The fourth-order valence-electron chi connectivity index (χ4n) is 5.10. The van der Waals surface area contributed by atoms with E-state index < -0.39 is 6.29 Å². The maximum absolute atomic E-state index is 11.5. The molecule has 8 heteroatoms. The van der Waals surface area contributed by atoms with Crippen LogP contribution in [0.25, 0.3) is 21.3 Å². The first-order valence-electron chi connectivity index (χ1n) is 14.0. The van der Waals surface area contributed by atoms with Crippen LogP contribution in [-0.4, -0.2) is 27.9 Å². The van der Waals surface area contributed by atoms with Crippen molar-refractivity contribution in [2.75, 3.05) is 5.75 Å². The van der Waals surface area contributed by atoms with Gasteiger partial charge in [-0.15, -0.1) is 11.3 Å². The molecule has 1 fully saturated rings. The third-order valence-electron chi connectivity index (χ3n) is 7.32. The fraction of sp³-hybridized carbons (Fsp3) is 0.235. The standard InChI is InChI=1S/C34H32N2O4S2/c1-22(38)35-19-27-6-2-3-7-29(27)24-14-16-26(17-15-24)33-39-28(18-31(40-33)25-12-10-23(20-37)11-13-25)21-41-34-36-30-8-4-5-9-32(30)42-34/h2-17,28,31,33,37H,18-21H2,1H3,(H,35,38)/t28-,31+,33+/m1/s1. The summed E-state index contributed by atoms with van der Waals surface area (Å²) in [6.45, 7) is 2.02. The zero-order chi connectivity index (χ0) is 28.9. The molecule has 1 amide bonds. The number of amides is 1. The summed E-state index contributed by atoms with van der Waals surface area (Å²) in [6, 6.07) is 32.5. The van der Waals surface area contributed by atoms with E-state index in [1.165, 1.54) is 11.6 Å². The van der Waals surface area contributed by atoms with E-state index in [0.717, 1.165) is 55.4 Å². The van der Waals surface area contributed by atoms with Crippen LogP contribution >= 0.6 is 23.1 Å². The van der Waals surface area contributed by atoms with Gasteiger partial charge >= 0.3 is 0 Å². The van der Waals surface area contributed by atoms with E-state index in [2.05, 4.69) is 41.7 Å². The van der Waals surface area contributed by atoms with Crippen molar-refractivity contribution in [3.8, 4) is 11.1 Å². The summed E-state index contributed by atoms with van der Waals surface area (Å²) >= 11 is 3.43. The lowest BCUT2D eigenvalue weighted by Crippen LogP contribution is -2.31. The molecule has 1 aromatic heterocycles. The molecule has 0 bridgehead atoms. The highest BCUT2D eigenvalue weighted by Gasteiger charge is 2.32. The monoisotopic (exact) mass is 596 g/mol. The lowest BCUT2D eigenvalue weighted by molar-refractivity contribution is -0.245. The minimum absolute atomic E-state index is 0.0132. The lowest BCUT2D eigenvalue weighted by atomic mass is 9.98. The highest BCUT2D eigenvalue weighted by molar-refractivity contribution is 8.01. The Bertz CT molecular complexity index is 1620. The molecule has 2 heterocycles. The van der Waals surface area contributed by atoms with Gasteiger partial charge in [0.25, 0.3) is 0 Å². The van der Waals surface area contributed by atoms with Crippen LogP contribution in [0.5, 0.6) is 0 Å². The molecule has 1 aliphatic heterocycles. The van der Waals surface area contributed by atoms with E-state index in [0.29, 0.717) is 6.54 Å². The minimum Gasteiger partial charge on any atom is -0.392 e. The van der Waals surface area contributed by atoms with Gasteiger partial charge in [0.15, 0.2) is 10.6 Å². The summed E-state index contributed by atoms with van der Waals surface area (Å²) in [5, 5.41) is 12.4. The molecule has 2 N–H and O–H groups in total. The van der Waals surface area contributed by atoms with Gasteiger partial charge in [0, 0.05) is 31.2 Å². The van der Waals surface area contributed by atoms with Gasteiger partial charge in [-0.25, -0.2) is 4.98 Å². The largest absolute Gasteiger partial charge is 0.392 e. The number of benzene rings is 4. The Balaban J connectivity index is 1.22. The molecule has 0 spiro atoms. The second-order valence-electron chi connectivity index (χ2n) is 10.3. The van der Waals surface area contributed by atoms with Crippen molar-refractivity contribution in [3.05, 3.63) is 119 Å². The minimum atomic E-state index is -0.522. The molecular formula is C34H32N2O4S2. The van der Waals surface area contributed by atoms with E-state index in [-0.39, 0.29) is 24.7 Å². The van der Waals surface area contributed by atoms with Crippen LogP contribution in [0.4, 0.5) is 0 Å². The zero-order valence-electron chi connectivity index (χ0n) is 23.2. The average molecular weight is 597 g/mol. The quantitative estimate of drug-likeness (QED) is 0.172. The first-order valence-corrected chi connectivity index (χ1v) is 15.8. The zero-order valence-corrected chi connectivity index (χ0v) is 24.9. The van der Waals surface area contributed by atoms with Crippen LogP contribution in [0.15, 0.2) is 101 Å². The van der Waals surface area contributed by atoms with E-state index in [9.17, 15) is 9.90 Å². The number of ether oxygens (including phenoxy) is 2. The number of hydrogen-bond donors (Lipinski definition) is 2. The van der Waals surface area contributed by atoms with Crippen molar-refractivity contribution >= 4 is 39.2 Å². The number of aromatic nitrogens is 1. The average Bonchev–Trinajstić information content (AvgIpc) is 3.46. The first kappa shape index (κ1) is 28.6. The number of rotatable bonds is 9. The molecule has 0 unspecified atom stereocenters. The van der Waals surface area contributed by atoms with Crippen LogP contribution < -0.4 is 5.32 Å². The molecule has 0 saturated carbocycles. The predicted molar refractivity (Wildman–Crippen MR) is 168 cm³/mol. The molecule has 0 radical (unpaired) electrons. The Labute approximate surface area is 253 Å². The summed E-state index contributed by atoms with van der Waals surface area (Å²) in [6.07, 6.45) is 0.0179. The maximum atomic E-state index is 11.5. The number of aliphatic hydroxyl groups is 1. The van der Waals surface area contributed by atoms with Crippen LogP contribution in [0.3, 0.4) is 0 Å². The number of fused-ring (bicyclic) bond motifs is 1. The van der Waals surface area contributed by atoms with Crippen LogP contribution in [-0.2, 0) is 27.4 Å². The van der Waals surface area contributed by atoms with Crippen LogP contribution in [0.1, 0.15) is 48.0 Å². The summed E-state index contributed by atoms with van der Waals surface area (Å²) in [5.74, 6) is 0.711. The molecular weight excluding hydrogens is 565 g/mol. The molecule has 42 heavy (non-hydrogen) atoms. The van der Waals surface area contributed by atoms with Gasteiger partial charge in [-0.3, -0.25) is 4.79 Å². The van der Waals surface area contributed by atoms with Crippen LogP contribution in [0, 0.1) is 0 Å². The predicted octanol–water partition coefficient (Wildman–Crippen LogP) is 7.43. The van der Waals surface area contributed by atoms with Crippen molar-refractivity contribution in [3.63, 3.8) is 0 Å². The summed E-state index contributed by atoms with van der Waals surface area (Å²) < 4.78 is 15.3. The Morgan fingerprint density at radius 2 is 1.69 bits per heavy atom. The number of nitrogens with one attached hydrogen (secondary N) is 1. The molecule has 6 nitrogen and oxygen atoms in total. The first-order chi connectivity index (χ1) is 20.6. The SMILES string of the molecule is CC(=O)NCc1ccccc1-c1ccc([C@H]2O[C@@H](CSc3nc4ccccc4s3)C[C@@H](c3ccc(CO)cc3)O2)cc1. The molecule has 1 saturated heterocycles. The molecule has 4 aromatic carbocycles. The highest BCUT2D eigenvalue weighted by atomic mass is 32.2. The Morgan fingerprint density at radius 1 is 0.952 bits per heavy atom. The van der Waals surface area contributed by atoms with Gasteiger partial charge < -0.3 is 19.9 Å². The lowest BCUT2D eigenvalue weighted by Gasteiger charge is -2.36. The van der Waals surface area contributed by atoms with Gasteiger partial charge in [0.05, 0.1) is 29.0 Å². The van der Waals surface area contributed by atoms with Crippen molar-refractivity contribution in [2.24, 2.45) is 0 Å². The number of hydrogen-bond acceptors (Lipinski definition) is 7. The van der Waals surface area contributed by atoms with E-state index >= 15 is 0 Å². The number of thiazole rings is 1. The summed E-state index contributed by atoms with van der Waals surface area (Å²) in [7, 11) is 0. The van der Waals surface area contributed by atoms with Gasteiger partial charge in [0.1, 0.15) is 0 Å². The van der Waals surface area contributed by atoms with Gasteiger partial charge in [-0.2, -0.15) is 0 Å². The van der Waals surface area contributed by atoms with Crippen molar-refractivity contribution < 1.29 is 19.4 Å². The number of aliphatic hydroxyl groups excluding tert-OH is 1. The molecule has 6 rings (SSSR count). The summed E-state index contributed by atoms with van der Waals surface area (Å²) in [5.41, 5.74) is 7.12. The molecule has 0 aliphatic carbocycles. The van der Waals surface area contributed by atoms with E-state index in [1.807, 2.05) is 60.7 Å². The third-order valence-corrected chi connectivity index (χ3v) is 9.63. The Kier molecular flexibility index (Phi) is 8.98. The second kappa shape index (κ2) is 13.2. The molecule has 1 aliphatic rings. The van der Waals surface area contributed by atoms with E-state index in [4.69, 9.17) is 14.5 Å². The van der Waals surface area contributed by atoms with Crippen molar-refractivity contribution in [1.82, 2.24) is 10.3 Å². The fourth-order valence-corrected chi connectivity index (χ4v) is 7.21. The number of para-hydroxylation sites is 1. The Hall–Kier alpha value is -3.53.